The summed E-state index contributed by atoms with van der Waals surface area (Å²) in [7, 11) is 0. The number of rotatable bonds is 2. The predicted molar refractivity (Wildman–Crippen MR) is 103 cm³/mol. The van der Waals surface area contributed by atoms with Crippen molar-refractivity contribution in [2.45, 2.75) is 25.8 Å². The van der Waals surface area contributed by atoms with E-state index in [2.05, 4.69) is 10.3 Å². The van der Waals surface area contributed by atoms with E-state index in [9.17, 15) is 14.0 Å². The highest BCUT2D eigenvalue weighted by Gasteiger charge is 2.26. The smallest absolute Gasteiger partial charge is 0.324 e. The number of urea groups is 1. The molecule has 0 bridgehead atoms. The van der Waals surface area contributed by atoms with Gasteiger partial charge in [0.2, 0.25) is 0 Å². The Hall–Kier alpha value is -3.09. The van der Waals surface area contributed by atoms with Crippen molar-refractivity contribution in [3.8, 4) is 0 Å². The normalized spacial score (nSPS) is 15.3. The van der Waals surface area contributed by atoms with E-state index in [1.54, 1.807) is 28.5 Å². The summed E-state index contributed by atoms with van der Waals surface area (Å²) in [6.45, 7) is 2.76. The fourth-order valence-electron chi connectivity index (χ4n) is 3.64. The van der Waals surface area contributed by atoms with Gasteiger partial charge < -0.3 is 15.2 Å². The summed E-state index contributed by atoms with van der Waals surface area (Å²) in [6.07, 6.45) is 1.38. The molecule has 0 atom stereocenters. The number of aryl methyl sites for hydroxylation is 1. The number of carbonyl (C=O) groups is 1. The van der Waals surface area contributed by atoms with Crippen LogP contribution in [0.15, 0.2) is 47.3 Å². The summed E-state index contributed by atoms with van der Waals surface area (Å²) in [5.41, 5.74) is 2.58. The van der Waals surface area contributed by atoms with Crippen molar-refractivity contribution in [2.24, 2.45) is 0 Å². The number of aromatic amines is 1. The highest BCUT2D eigenvalue weighted by Crippen LogP contribution is 2.25. The number of amides is 2. The van der Waals surface area contributed by atoms with E-state index in [1.165, 1.54) is 6.07 Å². The van der Waals surface area contributed by atoms with E-state index >= 15 is 0 Å². The Balaban J connectivity index is 1.44. The Bertz CT molecular complexity index is 1050. The zero-order valence-electron chi connectivity index (χ0n) is 15.0. The number of likely N-dealkylation sites (tertiary alicyclic amines) is 1. The summed E-state index contributed by atoms with van der Waals surface area (Å²) in [5, 5.41) is 2.74. The minimum atomic E-state index is -0.342. The van der Waals surface area contributed by atoms with Crippen LogP contribution >= 0.6 is 0 Å². The maximum absolute atomic E-state index is 13.6. The van der Waals surface area contributed by atoms with Crippen LogP contribution in [-0.2, 0) is 0 Å². The van der Waals surface area contributed by atoms with Crippen molar-refractivity contribution in [2.75, 3.05) is 18.4 Å². The quantitative estimate of drug-likeness (QED) is 0.725. The largest absolute Gasteiger partial charge is 0.326 e. The van der Waals surface area contributed by atoms with E-state index in [-0.39, 0.29) is 23.6 Å². The topological polar surface area (TPSA) is 70.1 Å². The van der Waals surface area contributed by atoms with E-state index in [4.69, 9.17) is 0 Å². The van der Waals surface area contributed by atoms with Crippen molar-refractivity contribution in [1.29, 1.82) is 0 Å². The number of fused-ring (bicyclic) bond motifs is 1. The minimum Gasteiger partial charge on any atom is -0.324 e. The van der Waals surface area contributed by atoms with Gasteiger partial charge in [0.15, 0.2) is 0 Å². The molecular formula is C20H21FN4O2. The summed E-state index contributed by atoms with van der Waals surface area (Å²) in [6, 6.07) is 12.1. The number of benzene rings is 2. The molecule has 0 spiro atoms. The summed E-state index contributed by atoms with van der Waals surface area (Å²) in [5.74, 6) is -0.342. The van der Waals surface area contributed by atoms with Crippen molar-refractivity contribution in [3.63, 3.8) is 0 Å². The van der Waals surface area contributed by atoms with Gasteiger partial charge in [-0.2, -0.15) is 0 Å². The monoisotopic (exact) mass is 368 g/mol. The number of anilines is 1. The molecule has 2 N–H and O–H groups in total. The average molecular weight is 368 g/mol. The molecule has 2 amide bonds. The number of imidazole rings is 1. The third-order valence-electron chi connectivity index (χ3n) is 5.16. The third-order valence-corrected chi connectivity index (χ3v) is 5.16. The van der Waals surface area contributed by atoms with Crippen LogP contribution in [0.25, 0.3) is 11.0 Å². The molecule has 6 nitrogen and oxygen atoms in total. The number of H-pyrrole nitrogens is 1. The summed E-state index contributed by atoms with van der Waals surface area (Å²) in [4.78, 5) is 29.4. The second kappa shape index (κ2) is 6.90. The predicted octanol–water partition coefficient (Wildman–Crippen LogP) is 3.65. The van der Waals surface area contributed by atoms with E-state index in [1.807, 2.05) is 24.3 Å². The second-order valence-electron chi connectivity index (χ2n) is 6.93. The Labute approximate surface area is 155 Å². The lowest BCUT2D eigenvalue weighted by molar-refractivity contribution is 0.184. The molecule has 1 aliphatic heterocycles. The molecule has 1 aromatic heterocycles. The van der Waals surface area contributed by atoms with Gasteiger partial charge in [-0.3, -0.25) is 4.57 Å². The lowest BCUT2D eigenvalue weighted by Gasteiger charge is -2.32. The molecule has 1 fully saturated rings. The fourth-order valence-corrected chi connectivity index (χ4v) is 3.64. The van der Waals surface area contributed by atoms with Crippen LogP contribution in [0.4, 0.5) is 14.9 Å². The molecule has 2 heterocycles. The Morgan fingerprint density at radius 3 is 2.67 bits per heavy atom. The van der Waals surface area contributed by atoms with Gasteiger partial charge >= 0.3 is 11.7 Å². The number of aromatic nitrogens is 2. The van der Waals surface area contributed by atoms with E-state index < -0.39 is 0 Å². The molecule has 0 radical (unpaired) electrons. The SMILES string of the molecule is Cc1ccc(NC(=O)N2CCC(n3c(=O)[nH]c4ccccc43)CC2)cc1F. The molecule has 2 aromatic carbocycles. The van der Waals surface area contributed by atoms with Crippen LogP contribution in [-0.4, -0.2) is 33.6 Å². The van der Waals surface area contributed by atoms with Crippen LogP contribution in [0.5, 0.6) is 0 Å². The maximum Gasteiger partial charge on any atom is 0.326 e. The Morgan fingerprint density at radius 1 is 1.19 bits per heavy atom. The van der Waals surface area contributed by atoms with Crippen molar-refractivity contribution >= 4 is 22.8 Å². The number of hydrogen-bond donors (Lipinski definition) is 2. The minimum absolute atomic E-state index is 0.0505. The summed E-state index contributed by atoms with van der Waals surface area (Å²) >= 11 is 0. The molecule has 27 heavy (non-hydrogen) atoms. The van der Waals surface area contributed by atoms with Gasteiger partial charge in [0.25, 0.3) is 0 Å². The first kappa shape index (κ1) is 17.3. The number of nitrogens with zero attached hydrogens (tertiary/aromatic N) is 2. The highest BCUT2D eigenvalue weighted by atomic mass is 19.1. The number of piperidine rings is 1. The van der Waals surface area contributed by atoms with Gasteiger partial charge in [-0.05, 0) is 49.6 Å². The van der Waals surface area contributed by atoms with Gasteiger partial charge in [-0.25, -0.2) is 14.0 Å². The lowest BCUT2D eigenvalue weighted by Crippen LogP contribution is -2.42. The number of halogens is 1. The molecule has 0 aliphatic carbocycles. The van der Waals surface area contributed by atoms with Gasteiger partial charge in [-0.1, -0.05) is 18.2 Å². The first-order valence-electron chi connectivity index (χ1n) is 9.04. The average Bonchev–Trinajstić information content (AvgIpc) is 3.00. The zero-order valence-corrected chi connectivity index (χ0v) is 15.0. The highest BCUT2D eigenvalue weighted by molar-refractivity contribution is 5.89. The van der Waals surface area contributed by atoms with Gasteiger partial charge in [0.05, 0.1) is 11.0 Å². The molecule has 0 saturated carbocycles. The first-order chi connectivity index (χ1) is 13.0. The van der Waals surface area contributed by atoms with Crippen LogP contribution in [0, 0.1) is 12.7 Å². The number of para-hydroxylation sites is 2. The van der Waals surface area contributed by atoms with Crippen molar-refractivity contribution < 1.29 is 9.18 Å². The molecule has 140 valence electrons. The molecule has 7 heteroatoms. The van der Waals surface area contributed by atoms with Crippen LogP contribution in [0.1, 0.15) is 24.4 Å². The van der Waals surface area contributed by atoms with Crippen molar-refractivity contribution in [3.05, 3.63) is 64.3 Å². The molecule has 1 saturated heterocycles. The van der Waals surface area contributed by atoms with Crippen LogP contribution in [0.2, 0.25) is 0 Å². The third kappa shape index (κ3) is 3.32. The number of nitrogens with one attached hydrogen (secondary N) is 2. The lowest BCUT2D eigenvalue weighted by atomic mass is 10.0. The summed E-state index contributed by atoms with van der Waals surface area (Å²) < 4.78 is 15.4. The Kier molecular flexibility index (Phi) is 4.43. The standard InChI is InChI=1S/C20H21FN4O2/c1-13-6-7-14(12-16(13)21)22-19(26)24-10-8-15(9-11-24)25-18-5-3-2-4-17(18)23-20(25)27/h2-7,12,15H,8-11H2,1H3,(H,22,26)(H,23,27). The van der Waals surface area contributed by atoms with Gasteiger partial charge in [-0.15, -0.1) is 0 Å². The molecule has 0 unspecified atom stereocenters. The second-order valence-corrected chi connectivity index (χ2v) is 6.93. The van der Waals surface area contributed by atoms with Gasteiger partial charge in [0.1, 0.15) is 5.82 Å². The van der Waals surface area contributed by atoms with E-state index in [0.29, 0.717) is 37.2 Å². The molecule has 1 aliphatic rings. The number of carbonyl (C=O) groups excluding carboxylic acids is 1. The molecular weight excluding hydrogens is 347 g/mol. The Morgan fingerprint density at radius 2 is 1.93 bits per heavy atom. The van der Waals surface area contributed by atoms with Crippen LogP contribution < -0.4 is 11.0 Å². The molecule has 3 aromatic rings. The van der Waals surface area contributed by atoms with Crippen molar-refractivity contribution in [1.82, 2.24) is 14.5 Å². The number of hydrogen-bond acceptors (Lipinski definition) is 2. The zero-order chi connectivity index (χ0) is 19.0. The van der Waals surface area contributed by atoms with Crippen LogP contribution in [0.3, 0.4) is 0 Å². The first-order valence-corrected chi connectivity index (χ1v) is 9.04. The maximum atomic E-state index is 13.6. The van der Waals surface area contributed by atoms with Gasteiger partial charge in [0, 0.05) is 24.8 Å². The van der Waals surface area contributed by atoms with E-state index in [0.717, 1.165) is 11.0 Å². The molecule has 4 rings (SSSR count). The fraction of sp³-hybridized carbons (Fsp3) is 0.300.